The maximum atomic E-state index is 4.52. The Morgan fingerprint density at radius 2 is 2.35 bits per heavy atom. The minimum atomic E-state index is 0.487. The molecule has 1 aromatic heterocycles. The van der Waals surface area contributed by atoms with Gasteiger partial charge in [0.2, 0.25) is 0 Å². The molecule has 1 fully saturated rings. The lowest BCUT2D eigenvalue weighted by molar-refractivity contribution is 0.208. The summed E-state index contributed by atoms with van der Waals surface area (Å²) in [5.74, 6) is 1.73. The minimum Gasteiger partial charge on any atom is -0.309 e. The SMILES string of the molecule is CCNC(c1cscn1)C1CCCC(CC)C1. The molecule has 0 radical (unpaired) electrons. The molecule has 3 unspecified atom stereocenters. The zero-order valence-corrected chi connectivity index (χ0v) is 11.8. The van der Waals surface area contributed by atoms with Crippen LogP contribution in [0.25, 0.3) is 0 Å². The van der Waals surface area contributed by atoms with Gasteiger partial charge in [0, 0.05) is 5.38 Å². The molecule has 0 aliphatic heterocycles. The molecule has 1 saturated carbocycles. The summed E-state index contributed by atoms with van der Waals surface area (Å²) in [7, 11) is 0. The largest absolute Gasteiger partial charge is 0.309 e. The van der Waals surface area contributed by atoms with E-state index < -0.39 is 0 Å². The smallest absolute Gasteiger partial charge is 0.0795 e. The molecule has 3 heteroatoms. The van der Waals surface area contributed by atoms with Crippen LogP contribution < -0.4 is 5.32 Å². The van der Waals surface area contributed by atoms with Crippen LogP contribution in [0.1, 0.15) is 57.7 Å². The van der Waals surface area contributed by atoms with Crippen molar-refractivity contribution < 1.29 is 0 Å². The summed E-state index contributed by atoms with van der Waals surface area (Å²) in [5.41, 5.74) is 3.22. The predicted molar refractivity (Wildman–Crippen MR) is 74.3 cm³/mol. The van der Waals surface area contributed by atoms with Gasteiger partial charge in [0.15, 0.2) is 0 Å². The molecule has 1 N–H and O–H groups in total. The fourth-order valence-corrected chi connectivity index (χ4v) is 3.70. The second kappa shape index (κ2) is 6.50. The molecular weight excluding hydrogens is 228 g/mol. The van der Waals surface area contributed by atoms with Crippen molar-refractivity contribution in [2.24, 2.45) is 11.8 Å². The van der Waals surface area contributed by atoms with Crippen LogP contribution in [-0.2, 0) is 0 Å². The summed E-state index contributed by atoms with van der Waals surface area (Å²) in [6.07, 6.45) is 6.92. The van der Waals surface area contributed by atoms with Gasteiger partial charge in [-0.2, -0.15) is 0 Å². The lowest BCUT2D eigenvalue weighted by Gasteiger charge is -2.34. The van der Waals surface area contributed by atoms with Gasteiger partial charge in [-0.25, -0.2) is 4.98 Å². The van der Waals surface area contributed by atoms with E-state index in [9.17, 15) is 0 Å². The Labute approximate surface area is 109 Å². The van der Waals surface area contributed by atoms with E-state index in [1.807, 2.05) is 5.51 Å². The molecule has 0 saturated heterocycles. The molecule has 0 aromatic carbocycles. The number of thiazole rings is 1. The van der Waals surface area contributed by atoms with Crippen LogP contribution in [0.3, 0.4) is 0 Å². The van der Waals surface area contributed by atoms with Crippen molar-refractivity contribution >= 4 is 11.3 Å². The van der Waals surface area contributed by atoms with Crippen molar-refractivity contribution in [1.82, 2.24) is 10.3 Å². The highest BCUT2D eigenvalue weighted by molar-refractivity contribution is 7.07. The first kappa shape index (κ1) is 13.0. The van der Waals surface area contributed by atoms with E-state index >= 15 is 0 Å². The highest BCUT2D eigenvalue weighted by Gasteiger charge is 2.29. The Kier molecular flexibility index (Phi) is 4.99. The second-order valence-electron chi connectivity index (χ2n) is 5.15. The molecule has 1 aliphatic rings. The number of rotatable bonds is 5. The lowest BCUT2D eigenvalue weighted by Crippen LogP contribution is -2.31. The number of nitrogens with zero attached hydrogens (tertiary/aromatic N) is 1. The van der Waals surface area contributed by atoms with Crippen LogP contribution in [0.5, 0.6) is 0 Å². The maximum Gasteiger partial charge on any atom is 0.0795 e. The molecule has 1 aliphatic carbocycles. The molecule has 96 valence electrons. The van der Waals surface area contributed by atoms with Gasteiger partial charge in [-0.3, -0.25) is 0 Å². The van der Waals surface area contributed by atoms with Gasteiger partial charge in [0.25, 0.3) is 0 Å². The van der Waals surface area contributed by atoms with Gasteiger partial charge in [0.1, 0.15) is 0 Å². The first-order valence-electron chi connectivity index (χ1n) is 6.96. The summed E-state index contributed by atoms with van der Waals surface area (Å²) < 4.78 is 0. The van der Waals surface area contributed by atoms with Crippen molar-refractivity contribution in [3.63, 3.8) is 0 Å². The predicted octanol–water partition coefficient (Wildman–Crippen LogP) is 4.01. The average molecular weight is 252 g/mol. The zero-order valence-electron chi connectivity index (χ0n) is 11.0. The average Bonchev–Trinajstić information content (AvgIpc) is 2.89. The third-order valence-corrected chi connectivity index (χ3v) is 4.67. The molecule has 0 amide bonds. The van der Waals surface area contributed by atoms with Gasteiger partial charge < -0.3 is 5.32 Å². The molecule has 2 rings (SSSR count). The van der Waals surface area contributed by atoms with E-state index in [4.69, 9.17) is 0 Å². The monoisotopic (exact) mass is 252 g/mol. The number of nitrogens with one attached hydrogen (secondary N) is 1. The summed E-state index contributed by atoms with van der Waals surface area (Å²) in [6.45, 7) is 5.56. The van der Waals surface area contributed by atoms with Crippen molar-refractivity contribution in [3.8, 4) is 0 Å². The van der Waals surface area contributed by atoms with Gasteiger partial charge in [0.05, 0.1) is 17.2 Å². The van der Waals surface area contributed by atoms with Crippen LogP contribution in [0.4, 0.5) is 0 Å². The number of hydrogen-bond acceptors (Lipinski definition) is 3. The summed E-state index contributed by atoms with van der Waals surface area (Å²) in [6, 6.07) is 0.487. The van der Waals surface area contributed by atoms with Gasteiger partial charge in [-0.05, 0) is 31.2 Å². The normalized spacial score (nSPS) is 26.9. The van der Waals surface area contributed by atoms with Gasteiger partial charge in [-0.1, -0.05) is 33.1 Å². The molecule has 2 nitrogen and oxygen atoms in total. The molecule has 0 bridgehead atoms. The van der Waals surface area contributed by atoms with Crippen LogP contribution in [0.2, 0.25) is 0 Å². The highest BCUT2D eigenvalue weighted by atomic mass is 32.1. The summed E-state index contributed by atoms with van der Waals surface area (Å²) >= 11 is 1.71. The molecule has 1 heterocycles. The standard InChI is InChI=1S/C14H24N2S/c1-3-11-6-5-7-12(8-11)14(15-4-2)13-9-17-10-16-13/h9-12,14-15H,3-8H2,1-2H3. The van der Waals surface area contributed by atoms with Crippen molar-refractivity contribution in [2.75, 3.05) is 6.54 Å². The van der Waals surface area contributed by atoms with E-state index in [0.717, 1.165) is 18.4 Å². The topological polar surface area (TPSA) is 24.9 Å². The second-order valence-corrected chi connectivity index (χ2v) is 5.87. The molecule has 17 heavy (non-hydrogen) atoms. The molecule has 0 spiro atoms. The minimum absolute atomic E-state index is 0.487. The first-order chi connectivity index (χ1) is 8.35. The van der Waals surface area contributed by atoms with Gasteiger partial charge in [-0.15, -0.1) is 11.3 Å². The molecule has 1 aromatic rings. The van der Waals surface area contributed by atoms with E-state index in [2.05, 4.69) is 29.5 Å². The fourth-order valence-electron chi connectivity index (χ4n) is 3.11. The van der Waals surface area contributed by atoms with Crippen LogP contribution in [0.15, 0.2) is 10.9 Å². The Morgan fingerprint density at radius 1 is 1.47 bits per heavy atom. The van der Waals surface area contributed by atoms with E-state index in [1.165, 1.54) is 37.8 Å². The van der Waals surface area contributed by atoms with Crippen LogP contribution in [0, 0.1) is 11.8 Å². The van der Waals surface area contributed by atoms with Crippen molar-refractivity contribution in [2.45, 2.75) is 52.0 Å². The highest BCUT2D eigenvalue weighted by Crippen LogP contribution is 2.38. The van der Waals surface area contributed by atoms with Gasteiger partial charge >= 0.3 is 0 Å². The van der Waals surface area contributed by atoms with E-state index in [1.54, 1.807) is 11.3 Å². The number of aromatic nitrogens is 1. The van der Waals surface area contributed by atoms with Crippen LogP contribution in [-0.4, -0.2) is 11.5 Å². The lowest BCUT2D eigenvalue weighted by atomic mass is 9.76. The van der Waals surface area contributed by atoms with Crippen molar-refractivity contribution in [1.29, 1.82) is 0 Å². The Morgan fingerprint density at radius 3 is 3.00 bits per heavy atom. The van der Waals surface area contributed by atoms with E-state index in [0.29, 0.717) is 6.04 Å². The summed E-state index contributed by atoms with van der Waals surface area (Å²) in [4.78, 5) is 4.52. The Bertz CT molecular complexity index is 310. The Hall–Kier alpha value is -0.410. The maximum absolute atomic E-state index is 4.52. The third kappa shape index (κ3) is 3.29. The zero-order chi connectivity index (χ0) is 12.1. The Balaban J connectivity index is 2.05. The van der Waals surface area contributed by atoms with Crippen molar-refractivity contribution in [3.05, 3.63) is 16.6 Å². The number of hydrogen-bond donors (Lipinski definition) is 1. The first-order valence-corrected chi connectivity index (χ1v) is 7.90. The quantitative estimate of drug-likeness (QED) is 0.856. The summed E-state index contributed by atoms with van der Waals surface area (Å²) in [5, 5.41) is 5.85. The van der Waals surface area contributed by atoms with Crippen LogP contribution >= 0.6 is 11.3 Å². The van der Waals surface area contributed by atoms with E-state index in [-0.39, 0.29) is 0 Å². The fraction of sp³-hybridized carbons (Fsp3) is 0.786. The molecule has 3 atom stereocenters. The third-order valence-electron chi connectivity index (χ3n) is 4.07. The molecular formula is C14H24N2S.